The zero-order valence-electron chi connectivity index (χ0n) is 23.1. The van der Waals surface area contributed by atoms with E-state index >= 15 is 0 Å². The zero-order valence-corrected chi connectivity index (χ0v) is 24.0. The molecule has 2 atom stereocenters. The number of nitrogens with one attached hydrogen (secondary N) is 2. The predicted octanol–water partition coefficient (Wildman–Crippen LogP) is 3.97. The number of alkyl halides is 3. The number of carbonyl (C=O) groups excluding carboxylic acids is 1. The lowest BCUT2D eigenvalue weighted by atomic mass is 9.80. The molecule has 1 saturated heterocycles. The lowest BCUT2D eigenvalue weighted by Gasteiger charge is -2.43. The maximum absolute atomic E-state index is 13.8. The van der Waals surface area contributed by atoms with E-state index in [0.717, 1.165) is 27.6 Å². The summed E-state index contributed by atoms with van der Waals surface area (Å²) in [5, 5.41) is 17.0. The summed E-state index contributed by atoms with van der Waals surface area (Å²) in [6.45, 7) is 4.79. The number of amides is 1. The van der Waals surface area contributed by atoms with Gasteiger partial charge in [-0.1, -0.05) is 38.1 Å². The molecule has 41 heavy (non-hydrogen) atoms. The Labute approximate surface area is 237 Å². The Bertz CT molecular complexity index is 1290. The van der Waals surface area contributed by atoms with Gasteiger partial charge in [0.2, 0.25) is 15.9 Å². The van der Waals surface area contributed by atoms with Crippen LogP contribution in [0.25, 0.3) is 0 Å². The van der Waals surface area contributed by atoms with E-state index in [4.69, 9.17) is 0 Å². The molecule has 228 valence electrons. The SMILES string of the molecule is CC(=O)N[C@@H](Cc1cc(F)cc(F)c1)[C@@H](O)CNC1(c2cccc(C(C)C)c2)CCN(S(=O)(=O)CC(F)(F)F)CC1. The number of aliphatic hydroxyl groups excluding tert-OH is 1. The highest BCUT2D eigenvalue weighted by Crippen LogP contribution is 2.36. The first-order valence-corrected chi connectivity index (χ1v) is 14.9. The smallest absolute Gasteiger partial charge is 0.390 e. The molecule has 0 aromatic heterocycles. The number of halogens is 5. The molecule has 1 aliphatic rings. The Hall–Kier alpha value is -2.61. The molecular weight excluding hydrogens is 569 g/mol. The molecule has 1 fully saturated rings. The number of benzene rings is 2. The largest absolute Gasteiger partial charge is 0.404 e. The molecule has 1 amide bonds. The van der Waals surface area contributed by atoms with E-state index in [9.17, 15) is 40.3 Å². The van der Waals surface area contributed by atoms with Crippen LogP contribution in [0.2, 0.25) is 0 Å². The third-order valence-electron chi connectivity index (χ3n) is 7.30. The number of aliphatic hydroxyl groups is 1. The molecule has 0 saturated carbocycles. The van der Waals surface area contributed by atoms with Gasteiger partial charge < -0.3 is 15.7 Å². The van der Waals surface area contributed by atoms with Crippen molar-refractivity contribution in [3.63, 3.8) is 0 Å². The van der Waals surface area contributed by atoms with Gasteiger partial charge in [-0.15, -0.1) is 0 Å². The maximum Gasteiger partial charge on any atom is 0.404 e. The summed E-state index contributed by atoms with van der Waals surface area (Å²) in [5.41, 5.74) is 1.11. The van der Waals surface area contributed by atoms with Gasteiger partial charge in [0.05, 0.1) is 12.1 Å². The van der Waals surface area contributed by atoms with Gasteiger partial charge >= 0.3 is 6.18 Å². The van der Waals surface area contributed by atoms with Crippen LogP contribution >= 0.6 is 0 Å². The van der Waals surface area contributed by atoms with E-state index in [1.165, 1.54) is 6.92 Å². The molecule has 3 N–H and O–H groups in total. The Balaban J connectivity index is 1.86. The molecule has 0 spiro atoms. The van der Waals surface area contributed by atoms with Crippen LogP contribution in [0.15, 0.2) is 42.5 Å². The summed E-state index contributed by atoms with van der Waals surface area (Å²) in [6.07, 6.45) is -5.93. The Kier molecular flexibility index (Phi) is 10.5. The van der Waals surface area contributed by atoms with Crippen molar-refractivity contribution in [1.29, 1.82) is 0 Å². The number of nitrogens with zero attached hydrogens (tertiary/aromatic N) is 1. The van der Waals surface area contributed by atoms with Crippen LogP contribution in [-0.2, 0) is 26.8 Å². The normalized spacial score (nSPS) is 17.8. The van der Waals surface area contributed by atoms with Gasteiger partial charge in [0.25, 0.3) is 0 Å². The molecule has 0 bridgehead atoms. The number of rotatable bonds is 11. The van der Waals surface area contributed by atoms with Crippen LogP contribution in [-0.4, -0.2) is 67.4 Å². The van der Waals surface area contributed by atoms with Crippen molar-refractivity contribution in [1.82, 2.24) is 14.9 Å². The topological polar surface area (TPSA) is 98.7 Å². The van der Waals surface area contributed by atoms with Gasteiger partial charge in [-0.3, -0.25) is 4.79 Å². The summed E-state index contributed by atoms with van der Waals surface area (Å²) >= 11 is 0. The highest BCUT2D eigenvalue weighted by molar-refractivity contribution is 7.89. The van der Waals surface area contributed by atoms with Crippen LogP contribution in [0.3, 0.4) is 0 Å². The number of piperidine rings is 1. The molecule has 7 nitrogen and oxygen atoms in total. The Morgan fingerprint density at radius 2 is 1.68 bits per heavy atom. The summed E-state index contributed by atoms with van der Waals surface area (Å²) in [5.74, 6) is -3.84. The first-order valence-electron chi connectivity index (χ1n) is 13.3. The average Bonchev–Trinajstić information content (AvgIpc) is 2.85. The minimum Gasteiger partial charge on any atom is -0.390 e. The van der Waals surface area contributed by atoms with Crippen LogP contribution < -0.4 is 10.6 Å². The molecule has 1 aliphatic heterocycles. The Morgan fingerprint density at radius 3 is 2.22 bits per heavy atom. The van der Waals surface area contributed by atoms with Crippen LogP contribution in [0.1, 0.15) is 56.2 Å². The van der Waals surface area contributed by atoms with Crippen LogP contribution in [0.4, 0.5) is 22.0 Å². The molecule has 1 heterocycles. The molecule has 2 aromatic carbocycles. The maximum atomic E-state index is 13.8. The minimum absolute atomic E-state index is 0.0730. The molecular formula is C28H36F5N3O4S. The lowest BCUT2D eigenvalue weighted by molar-refractivity contribution is -0.120. The summed E-state index contributed by atoms with van der Waals surface area (Å²) in [4.78, 5) is 11.9. The van der Waals surface area contributed by atoms with Gasteiger partial charge in [-0.05, 0) is 54.0 Å². The monoisotopic (exact) mass is 605 g/mol. The zero-order chi connectivity index (χ0) is 30.6. The van der Waals surface area contributed by atoms with Crippen molar-refractivity contribution in [3.05, 3.63) is 70.8 Å². The van der Waals surface area contributed by atoms with Crippen molar-refractivity contribution >= 4 is 15.9 Å². The second kappa shape index (κ2) is 13.1. The predicted molar refractivity (Wildman–Crippen MR) is 145 cm³/mol. The fourth-order valence-corrected chi connectivity index (χ4v) is 6.51. The van der Waals surface area contributed by atoms with Gasteiger partial charge in [0.15, 0.2) is 5.75 Å². The summed E-state index contributed by atoms with van der Waals surface area (Å²) in [7, 11) is -4.57. The third kappa shape index (κ3) is 9.19. The average molecular weight is 606 g/mol. The van der Waals surface area contributed by atoms with Crippen molar-refractivity contribution in [2.75, 3.05) is 25.4 Å². The molecule has 0 radical (unpaired) electrons. The quantitative estimate of drug-likeness (QED) is 0.337. The molecule has 0 unspecified atom stereocenters. The molecule has 13 heteroatoms. The first-order chi connectivity index (χ1) is 19.0. The lowest BCUT2D eigenvalue weighted by Crippen LogP contribution is -2.56. The fraction of sp³-hybridized carbons (Fsp3) is 0.536. The minimum atomic E-state index is -4.87. The number of carbonyl (C=O) groups is 1. The van der Waals surface area contributed by atoms with E-state index < -0.39 is 57.2 Å². The second-order valence-electron chi connectivity index (χ2n) is 10.9. The third-order valence-corrected chi connectivity index (χ3v) is 9.15. The van der Waals surface area contributed by atoms with Crippen molar-refractivity contribution in [3.8, 4) is 0 Å². The highest BCUT2D eigenvalue weighted by Gasteiger charge is 2.43. The number of hydrogen-bond donors (Lipinski definition) is 3. The second-order valence-corrected chi connectivity index (χ2v) is 12.8. The van der Waals surface area contributed by atoms with E-state index in [2.05, 4.69) is 10.6 Å². The number of sulfonamides is 1. The van der Waals surface area contributed by atoms with Gasteiger partial charge in [-0.25, -0.2) is 21.5 Å². The molecule has 0 aliphatic carbocycles. The standard InChI is InChI=1S/C28H36F5N3O4S/c1-18(2)21-5-4-6-22(14-21)27(7-9-36(10-8-27)41(39,40)17-28(31,32)33)34-16-26(38)25(35-19(3)37)13-20-11-23(29)15-24(30)12-20/h4-6,11-12,14-15,18,25-26,34,38H,7-10,13,16-17H2,1-3H3,(H,35,37)/t25-,26-/m0/s1. The van der Waals surface area contributed by atoms with Crippen molar-refractivity contribution in [2.24, 2.45) is 0 Å². The molecule has 2 aromatic rings. The number of hydrogen-bond acceptors (Lipinski definition) is 5. The van der Waals surface area contributed by atoms with Crippen molar-refractivity contribution < 1.29 is 40.3 Å². The van der Waals surface area contributed by atoms with Gasteiger partial charge in [0, 0.05) is 38.2 Å². The fourth-order valence-electron chi connectivity index (χ4n) is 5.18. The first kappa shape index (κ1) is 32.9. The summed E-state index contributed by atoms with van der Waals surface area (Å²) in [6, 6.07) is 9.57. The van der Waals surface area contributed by atoms with Crippen LogP contribution in [0.5, 0.6) is 0 Å². The highest BCUT2D eigenvalue weighted by atomic mass is 32.2. The van der Waals surface area contributed by atoms with E-state index in [1.54, 1.807) is 0 Å². The Morgan fingerprint density at radius 1 is 1.07 bits per heavy atom. The van der Waals surface area contributed by atoms with E-state index in [0.29, 0.717) is 6.07 Å². The van der Waals surface area contributed by atoms with E-state index in [1.807, 2.05) is 38.1 Å². The van der Waals surface area contributed by atoms with E-state index in [-0.39, 0.29) is 50.4 Å². The van der Waals surface area contributed by atoms with Gasteiger partial charge in [-0.2, -0.15) is 13.2 Å². The van der Waals surface area contributed by atoms with Crippen molar-refractivity contribution in [2.45, 2.75) is 69.8 Å². The molecule has 3 rings (SSSR count). The van der Waals surface area contributed by atoms with Crippen LogP contribution in [0, 0.1) is 11.6 Å². The van der Waals surface area contributed by atoms with Gasteiger partial charge in [0.1, 0.15) is 11.6 Å². The summed E-state index contributed by atoms with van der Waals surface area (Å²) < 4.78 is 91.9.